The van der Waals surface area contributed by atoms with Crippen molar-refractivity contribution in [2.24, 2.45) is 0 Å². The lowest BCUT2D eigenvalue weighted by atomic mass is 10.1. The Morgan fingerprint density at radius 3 is 2.82 bits per heavy atom. The second kappa shape index (κ2) is 3.22. The maximum Gasteiger partial charge on any atom is 0.334 e. The van der Waals surface area contributed by atoms with Gasteiger partial charge in [0.1, 0.15) is 6.61 Å². The molecule has 0 radical (unpaired) electrons. The standard InChI is InChI=1S/C8H14O3/c1-3-4-5-8(2)10-6-7(9)11-8/h3-6H2,1-2H3. The summed E-state index contributed by atoms with van der Waals surface area (Å²) in [5, 5.41) is 0. The molecule has 1 aliphatic heterocycles. The Bertz CT molecular complexity index is 155. The third-order valence-corrected chi connectivity index (χ3v) is 1.81. The van der Waals surface area contributed by atoms with Crippen molar-refractivity contribution in [2.75, 3.05) is 6.61 Å². The van der Waals surface area contributed by atoms with Gasteiger partial charge in [0.2, 0.25) is 5.79 Å². The molecule has 1 rings (SSSR count). The lowest BCUT2D eigenvalue weighted by Crippen LogP contribution is -2.25. The van der Waals surface area contributed by atoms with Crippen molar-refractivity contribution < 1.29 is 14.3 Å². The van der Waals surface area contributed by atoms with Crippen LogP contribution in [0.3, 0.4) is 0 Å². The van der Waals surface area contributed by atoms with Crippen molar-refractivity contribution in [3.05, 3.63) is 0 Å². The number of esters is 1. The van der Waals surface area contributed by atoms with Crippen molar-refractivity contribution in [3.63, 3.8) is 0 Å². The summed E-state index contributed by atoms with van der Waals surface area (Å²) in [5.74, 6) is -0.879. The maximum atomic E-state index is 10.7. The van der Waals surface area contributed by atoms with E-state index in [1.54, 1.807) is 0 Å². The van der Waals surface area contributed by atoms with Gasteiger partial charge in [-0.15, -0.1) is 0 Å². The largest absolute Gasteiger partial charge is 0.432 e. The summed E-state index contributed by atoms with van der Waals surface area (Å²) >= 11 is 0. The van der Waals surface area contributed by atoms with Crippen LogP contribution in [0.2, 0.25) is 0 Å². The summed E-state index contributed by atoms with van der Waals surface area (Å²) in [5.41, 5.74) is 0. The minimum absolute atomic E-state index is 0.111. The van der Waals surface area contributed by atoms with E-state index in [1.165, 1.54) is 0 Å². The van der Waals surface area contributed by atoms with E-state index in [0.717, 1.165) is 19.3 Å². The Kier molecular flexibility index (Phi) is 2.49. The number of carbonyl (C=O) groups excluding carboxylic acids is 1. The van der Waals surface area contributed by atoms with Crippen LogP contribution in [-0.2, 0) is 14.3 Å². The first-order valence-electron chi connectivity index (χ1n) is 4.02. The molecule has 3 heteroatoms. The molecule has 0 saturated carbocycles. The highest BCUT2D eigenvalue weighted by Gasteiger charge is 2.35. The van der Waals surface area contributed by atoms with E-state index in [9.17, 15) is 4.79 Å². The van der Waals surface area contributed by atoms with Gasteiger partial charge in [0, 0.05) is 13.3 Å². The molecule has 1 aliphatic rings. The monoisotopic (exact) mass is 158 g/mol. The van der Waals surface area contributed by atoms with Gasteiger partial charge in [-0.2, -0.15) is 0 Å². The SMILES string of the molecule is CCCCC1(C)OCC(=O)O1. The van der Waals surface area contributed by atoms with E-state index in [2.05, 4.69) is 6.92 Å². The Morgan fingerprint density at radius 1 is 1.64 bits per heavy atom. The Balaban J connectivity index is 2.35. The summed E-state index contributed by atoms with van der Waals surface area (Å²) in [6.07, 6.45) is 2.93. The van der Waals surface area contributed by atoms with Crippen molar-refractivity contribution in [3.8, 4) is 0 Å². The van der Waals surface area contributed by atoms with Gasteiger partial charge >= 0.3 is 5.97 Å². The third-order valence-electron chi connectivity index (χ3n) is 1.81. The molecule has 0 aromatic rings. The zero-order chi connectivity index (χ0) is 8.32. The summed E-state index contributed by atoms with van der Waals surface area (Å²) < 4.78 is 10.2. The number of rotatable bonds is 3. The molecular weight excluding hydrogens is 144 g/mol. The molecule has 1 atom stereocenters. The number of cyclic esters (lactones) is 1. The topological polar surface area (TPSA) is 35.5 Å². The number of carbonyl (C=O) groups is 1. The van der Waals surface area contributed by atoms with Crippen molar-refractivity contribution in [1.29, 1.82) is 0 Å². The van der Waals surface area contributed by atoms with Gasteiger partial charge in [-0.05, 0) is 6.42 Å². The molecule has 0 bridgehead atoms. The molecule has 1 heterocycles. The predicted octanol–water partition coefficient (Wildman–Crippen LogP) is 1.47. The molecule has 0 aromatic carbocycles. The van der Waals surface area contributed by atoms with Gasteiger partial charge in [0.15, 0.2) is 0 Å². The molecule has 1 unspecified atom stereocenters. The highest BCUT2D eigenvalue weighted by molar-refractivity contribution is 5.72. The molecule has 1 saturated heterocycles. The normalized spacial score (nSPS) is 30.5. The minimum atomic E-state index is -0.632. The summed E-state index contributed by atoms with van der Waals surface area (Å²) in [6, 6.07) is 0. The van der Waals surface area contributed by atoms with Crippen LogP contribution < -0.4 is 0 Å². The lowest BCUT2D eigenvalue weighted by Gasteiger charge is -2.20. The molecule has 11 heavy (non-hydrogen) atoms. The average Bonchev–Trinajstić information content (AvgIpc) is 2.28. The summed E-state index contributed by atoms with van der Waals surface area (Å²) in [4.78, 5) is 10.7. The van der Waals surface area contributed by atoms with E-state index >= 15 is 0 Å². The fourth-order valence-corrected chi connectivity index (χ4v) is 1.13. The minimum Gasteiger partial charge on any atom is -0.432 e. The molecular formula is C8H14O3. The van der Waals surface area contributed by atoms with E-state index in [-0.39, 0.29) is 12.6 Å². The van der Waals surface area contributed by atoms with Gasteiger partial charge in [0.05, 0.1) is 0 Å². The van der Waals surface area contributed by atoms with Crippen LogP contribution in [0.25, 0.3) is 0 Å². The third kappa shape index (κ3) is 2.19. The molecule has 0 aliphatic carbocycles. The highest BCUT2D eigenvalue weighted by Crippen LogP contribution is 2.25. The average molecular weight is 158 g/mol. The number of ether oxygens (including phenoxy) is 2. The van der Waals surface area contributed by atoms with Crippen LogP contribution >= 0.6 is 0 Å². The molecule has 0 spiro atoms. The molecule has 1 fully saturated rings. The molecule has 0 amide bonds. The van der Waals surface area contributed by atoms with Crippen LogP contribution in [0.1, 0.15) is 33.1 Å². The maximum absolute atomic E-state index is 10.7. The first-order chi connectivity index (χ1) is 5.16. The van der Waals surface area contributed by atoms with Crippen LogP contribution in [0, 0.1) is 0 Å². The molecule has 64 valence electrons. The van der Waals surface area contributed by atoms with E-state index in [4.69, 9.17) is 9.47 Å². The number of unbranched alkanes of at least 4 members (excludes halogenated alkanes) is 1. The van der Waals surface area contributed by atoms with E-state index < -0.39 is 5.79 Å². The lowest BCUT2D eigenvalue weighted by molar-refractivity contribution is -0.168. The van der Waals surface area contributed by atoms with Crippen molar-refractivity contribution in [2.45, 2.75) is 38.9 Å². The zero-order valence-corrected chi connectivity index (χ0v) is 7.05. The smallest absolute Gasteiger partial charge is 0.334 e. The first-order valence-corrected chi connectivity index (χ1v) is 4.02. The summed E-state index contributed by atoms with van der Waals surface area (Å²) in [6.45, 7) is 4.02. The Hall–Kier alpha value is -0.570. The van der Waals surface area contributed by atoms with E-state index in [0.29, 0.717) is 0 Å². The zero-order valence-electron chi connectivity index (χ0n) is 7.05. The summed E-state index contributed by atoms with van der Waals surface area (Å²) in [7, 11) is 0. The predicted molar refractivity (Wildman–Crippen MR) is 40.0 cm³/mol. The van der Waals surface area contributed by atoms with Crippen LogP contribution in [0.5, 0.6) is 0 Å². The second-order valence-electron chi connectivity index (χ2n) is 3.00. The second-order valence-corrected chi connectivity index (χ2v) is 3.00. The van der Waals surface area contributed by atoms with Crippen LogP contribution in [-0.4, -0.2) is 18.4 Å². The fourth-order valence-electron chi connectivity index (χ4n) is 1.13. The fraction of sp³-hybridized carbons (Fsp3) is 0.875. The van der Waals surface area contributed by atoms with Gasteiger partial charge in [-0.25, -0.2) is 4.79 Å². The van der Waals surface area contributed by atoms with Gasteiger partial charge in [0.25, 0.3) is 0 Å². The van der Waals surface area contributed by atoms with Gasteiger partial charge in [-0.3, -0.25) is 0 Å². The molecule has 3 nitrogen and oxygen atoms in total. The number of hydrogen-bond donors (Lipinski definition) is 0. The Morgan fingerprint density at radius 2 is 2.36 bits per heavy atom. The van der Waals surface area contributed by atoms with E-state index in [1.807, 2.05) is 6.92 Å². The quantitative estimate of drug-likeness (QED) is 0.583. The van der Waals surface area contributed by atoms with Gasteiger partial charge in [-0.1, -0.05) is 13.3 Å². The van der Waals surface area contributed by atoms with Crippen molar-refractivity contribution in [1.82, 2.24) is 0 Å². The van der Waals surface area contributed by atoms with Crippen LogP contribution in [0.15, 0.2) is 0 Å². The molecule has 0 aromatic heterocycles. The van der Waals surface area contributed by atoms with Gasteiger partial charge < -0.3 is 9.47 Å². The first kappa shape index (κ1) is 8.53. The number of hydrogen-bond acceptors (Lipinski definition) is 3. The molecule has 0 N–H and O–H groups in total. The Labute approximate surface area is 66.7 Å². The van der Waals surface area contributed by atoms with Crippen molar-refractivity contribution >= 4 is 5.97 Å². The highest BCUT2D eigenvalue weighted by atomic mass is 16.8. The van der Waals surface area contributed by atoms with Crippen LogP contribution in [0.4, 0.5) is 0 Å².